The summed E-state index contributed by atoms with van der Waals surface area (Å²) in [5, 5.41) is 0. The Morgan fingerprint density at radius 3 is 0.905 bits per heavy atom. The lowest BCUT2D eigenvalue weighted by atomic mass is 10.0. The predicted molar refractivity (Wildman–Crippen MR) is 91.9 cm³/mol. The van der Waals surface area contributed by atoms with Gasteiger partial charge in [-0.2, -0.15) is 0 Å². The molecule has 0 amide bonds. The average molecular weight is 411 g/mol. The van der Waals surface area contributed by atoms with Gasteiger partial charge in [-0.05, 0) is 12.8 Å². The Morgan fingerprint density at radius 2 is 0.667 bits per heavy atom. The third-order valence-corrected chi connectivity index (χ3v) is 4.35. The third kappa shape index (κ3) is 23.1. The van der Waals surface area contributed by atoms with Gasteiger partial charge in [0.25, 0.3) is 0 Å². The van der Waals surface area contributed by atoms with Crippen molar-refractivity contribution in [1.29, 1.82) is 0 Å². The summed E-state index contributed by atoms with van der Waals surface area (Å²) < 4.78 is 0. The van der Waals surface area contributed by atoms with Gasteiger partial charge in [0.1, 0.15) is 0 Å². The Kier molecular flexibility index (Phi) is 26.2. The molecule has 0 fully saturated rings. The van der Waals surface area contributed by atoms with Gasteiger partial charge in [0.05, 0.1) is 6.54 Å². The zero-order chi connectivity index (χ0) is 14.7. The number of hydrogen-bond acceptors (Lipinski definition) is 0. The molecular weight excluding hydrogens is 369 g/mol. The molecule has 3 N–H and O–H groups in total. The van der Waals surface area contributed by atoms with Crippen molar-refractivity contribution < 1.29 is 29.7 Å². The molecule has 0 aliphatic heterocycles. The molecule has 0 bridgehead atoms. The van der Waals surface area contributed by atoms with Crippen molar-refractivity contribution >= 4 is 0 Å². The molecule has 0 heterocycles. The van der Waals surface area contributed by atoms with Crippen molar-refractivity contribution in [3.05, 3.63) is 0 Å². The Labute approximate surface area is 152 Å². The molecule has 0 aromatic heterocycles. The van der Waals surface area contributed by atoms with E-state index in [1.807, 2.05) is 0 Å². The van der Waals surface area contributed by atoms with Crippen LogP contribution in [0.15, 0.2) is 0 Å². The molecule has 0 aliphatic rings. The fraction of sp³-hybridized carbons (Fsp3) is 1.00. The van der Waals surface area contributed by atoms with Gasteiger partial charge in [-0.1, -0.05) is 103 Å². The number of unbranched alkanes of at least 4 members (excludes halogenated alkanes) is 16. The van der Waals surface area contributed by atoms with E-state index in [1.54, 1.807) is 0 Å². The lowest BCUT2D eigenvalue weighted by molar-refractivity contribution is -0.368. The van der Waals surface area contributed by atoms with Crippen LogP contribution in [0.25, 0.3) is 0 Å². The van der Waals surface area contributed by atoms with Crippen LogP contribution >= 0.6 is 0 Å². The predicted octanol–water partition coefficient (Wildman–Crippen LogP) is 2.88. The lowest BCUT2D eigenvalue weighted by Crippen LogP contribution is -3.00. The maximum Gasteiger partial charge on any atom is 0.0739 e. The summed E-state index contributed by atoms with van der Waals surface area (Å²) in [5.41, 5.74) is 3.89. The summed E-state index contributed by atoms with van der Waals surface area (Å²) >= 11 is 0. The molecule has 0 saturated heterocycles. The first-order chi connectivity index (χ1) is 9.91. The van der Waals surface area contributed by atoms with E-state index in [0.717, 1.165) is 6.54 Å². The fourth-order valence-corrected chi connectivity index (χ4v) is 2.90. The number of halogens is 1. The van der Waals surface area contributed by atoms with Crippen LogP contribution in [0.2, 0.25) is 0 Å². The van der Waals surface area contributed by atoms with Gasteiger partial charge in [-0.25, -0.2) is 0 Å². The van der Waals surface area contributed by atoms with Crippen molar-refractivity contribution in [3.63, 3.8) is 0 Å². The largest absolute Gasteiger partial charge is 1.00 e. The Balaban J connectivity index is 0. The zero-order valence-corrected chi connectivity index (χ0v) is 17.0. The second kappa shape index (κ2) is 23.0. The Morgan fingerprint density at radius 1 is 0.429 bits per heavy atom. The Hall–Kier alpha value is 0.690. The second-order valence-corrected chi connectivity index (χ2v) is 6.51. The zero-order valence-electron chi connectivity index (χ0n) is 14.8. The smallest absolute Gasteiger partial charge is 0.0739 e. The normalized spacial score (nSPS) is 10.6. The van der Waals surface area contributed by atoms with E-state index in [-0.39, 0.29) is 24.0 Å². The molecule has 130 valence electrons. The van der Waals surface area contributed by atoms with E-state index in [2.05, 4.69) is 12.7 Å². The molecule has 2 heteroatoms. The topological polar surface area (TPSA) is 27.6 Å². The molecule has 0 rings (SSSR count). The number of rotatable bonds is 17. The van der Waals surface area contributed by atoms with Crippen LogP contribution in [0.5, 0.6) is 0 Å². The van der Waals surface area contributed by atoms with Crippen molar-refractivity contribution in [2.75, 3.05) is 6.54 Å². The van der Waals surface area contributed by atoms with Crippen molar-refractivity contribution in [2.45, 2.75) is 116 Å². The molecule has 0 atom stereocenters. The second-order valence-electron chi connectivity index (χ2n) is 6.51. The van der Waals surface area contributed by atoms with Gasteiger partial charge in [0.15, 0.2) is 0 Å². The van der Waals surface area contributed by atoms with E-state index in [4.69, 9.17) is 0 Å². The van der Waals surface area contributed by atoms with E-state index in [9.17, 15) is 0 Å². The molecular formula is C19H42IN. The van der Waals surface area contributed by atoms with E-state index in [1.165, 1.54) is 109 Å². The standard InChI is InChI=1S/C19H41N.HI/c1-2-3-4-5-6-7-8-9-10-11-12-13-14-15-16-17-18-19-20;/h2-20H2,1H3;1H. The van der Waals surface area contributed by atoms with Crippen LogP contribution in [0.3, 0.4) is 0 Å². The maximum absolute atomic E-state index is 3.89. The van der Waals surface area contributed by atoms with Crippen molar-refractivity contribution in [1.82, 2.24) is 0 Å². The molecule has 0 aromatic carbocycles. The first-order valence-electron chi connectivity index (χ1n) is 9.71. The van der Waals surface area contributed by atoms with Crippen LogP contribution < -0.4 is 29.7 Å². The van der Waals surface area contributed by atoms with E-state index < -0.39 is 0 Å². The SMILES string of the molecule is CCCCCCCCCCCCCCCCCCC[NH3+].[I-]. The summed E-state index contributed by atoms with van der Waals surface area (Å²) in [4.78, 5) is 0. The average Bonchev–Trinajstić information content (AvgIpc) is 2.47. The molecule has 0 aromatic rings. The highest BCUT2D eigenvalue weighted by molar-refractivity contribution is 4.49. The highest BCUT2D eigenvalue weighted by atomic mass is 127. The quantitative estimate of drug-likeness (QED) is 0.282. The molecule has 0 spiro atoms. The molecule has 0 unspecified atom stereocenters. The highest BCUT2D eigenvalue weighted by Gasteiger charge is 1.94. The van der Waals surface area contributed by atoms with Crippen LogP contribution in [0.4, 0.5) is 0 Å². The lowest BCUT2D eigenvalue weighted by Gasteiger charge is -2.03. The molecule has 1 nitrogen and oxygen atoms in total. The molecule has 0 saturated carbocycles. The first-order valence-corrected chi connectivity index (χ1v) is 9.71. The summed E-state index contributed by atoms with van der Waals surface area (Å²) in [7, 11) is 0. The maximum atomic E-state index is 3.89. The van der Waals surface area contributed by atoms with Gasteiger partial charge < -0.3 is 29.7 Å². The van der Waals surface area contributed by atoms with Gasteiger partial charge >= 0.3 is 0 Å². The van der Waals surface area contributed by atoms with E-state index >= 15 is 0 Å². The number of hydrogen-bond donors (Lipinski definition) is 1. The van der Waals surface area contributed by atoms with Gasteiger partial charge in [0, 0.05) is 0 Å². The van der Waals surface area contributed by atoms with Crippen LogP contribution in [0.1, 0.15) is 116 Å². The third-order valence-electron chi connectivity index (χ3n) is 4.35. The summed E-state index contributed by atoms with van der Waals surface area (Å²) in [6.45, 7) is 3.42. The minimum atomic E-state index is 0. The van der Waals surface area contributed by atoms with Gasteiger partial charge in [0.2, 0.25) is 0 Å². The summed E-state index contributed by atoms with van der Waals surface area (Å²) in [6, 6.07) is 0. The van der Waals surface area contributed by atoms with Crippen molar-refractivity contribution in [3.8, 4) is 0 Å². The monoisotopic (exact) mass is 411 g/mol. The van der Waals surface area contributed by atoms with Gasteiger partial charge in [-0.3, -0.25) is 0 Å². The summed E-state index contributed by atoms with van der Waals surface area (Å²) in [6.07, 6.45) is 24.7. The first kappa shape index (κ1) is 23.9. The molecule has 21 heavy (non-hydrogen) atoms. The van der Waals surface area contributed by atoms with Gasteiger partial charge in [-0.15, -0.1) is 0 Å². The van der Waals surface area contributed by atoms with Crippen molar-refractivity contribution in [2.24, 2.45) is 0 Å². The van der Waals surface area contributed by atoms with Crippen LogP contribution in [-0.4, -0.2) is 6.54 Å². The van der Waals surface area contributed by atoms with E-state index in [0.29, 0.717) is 0 Å². The fourth-order valence-electron chi connectivity index (χ4n) is 2.90. The summed E-state index contributed by atoms with van der Waals surface area (Å²) in [5.74, 6) is 0. The number of quaternary nitrogens is 1. The van der Waals surface area contributed by atoms with Crippen LogP contribution in [-0.2, 0) is 0 Å². The molecule has 0 radical (unpaired) electrons. The minimum Gasteiger partial charge on any atom is -1.00 e. The van der Waals surface area contributed by atoms with Crippen LogP contribution in [0, 0.1) is 0 Å². The minimum absolute atomic E-state index is 0. The highest BCUT2D eigenvalue weighted by Crippen LogP contribution is 2.13. The molecule has 0 aliphatic carbocycles. The Bertz CT molecular complexity index is 144.